The van der Waals surface area contributed by atoms with Crippen LogP contribution in [0.1, 0.15) is 44.1 Å². The Hall–Kier alpha value is -0.960. The van der Waals surface area contributed by atoms with E-state index in [1.54, 1.807) is 0 Å². The van der Waals surface area contributed by atoms with Crippen molar-refractivity contribution in [2.24, 2.45) is 5.92 Å². The van der Waals surface area contributed by atoms with E-state index in [0.717, 1.165) is 24.3 Å². The predicted octanol–water partition coefficient (Wildman–Crippen LogP) is 4.25. The number of hydrogen-bond acceptors (Lipinski definition) is 3. The minimum absolute atomic E-state index is 0.113. The number of carbonyl (C=O) groups excluding carboxylic acids is 1. The molecule has 0 aliphatic heterocycles. The molecule has 0 N–H and O–H groups in total. The van der Waals surface area contributed by atoms with Crippen LogP contribution in [0.5, 0.6) is 0 Å². The highest BCUT2D eigenvalue weighted by Crippen LogP contribution is 2.35. The number of carbonyl (C=O) groups is 1. The quantitative estimate of drug-likeness (QED) is 0.551. The first kappa shape index (κ1) is 14.4. The Morgan fingerprint density at radius 3 is 2.58 bits per heavy atom. The molecule has 1 unspecified atom stereocenters. The summed E-state index contributed by atoms with van der Waals surface area (Å²) in [6.07, 6.45) is 4.62. The standard InChI is InChI=1S/C16H22O2S/c1-3-4-15(16(17)18-2)13-7-9-14(10-8-13)19-11-12-5-6-12/h7-10,12,15H,3-6,11H2,1-2H3. The van der Waals surface area contributed by atoms with Crippen LogP contribution < -0.4 is 0 Å². The third-order valence-electron chi connectivity index (χ3n) is 3.53. The zero-order chi connectivity index (χ0) is 13.7. The van der Waals surface area contributed by atoms with Crippen molar-refractivity contribution in [1.29, 1.82) is 0 Å². The Bertz CT molecular complexity index is 409. The maximum Gasteiger partial charge on any atom is 0.313 e. The van der Waals surface area contributed by atoms with E-state index in [1.165, 1.54) is 30.6 Å². The van der Waals surface area contributed by atoms with E-state index in [0.29, 0.717) is 0 Å². The normalized spacial score (nSPS) is 16.1. The van der Waals surface area contributed by atoms with E-state index < -0.39 is 0 Å². The highest BCUT2D eigenvalue weighted by Gasteiger charge is 2.22. The molecule has 1 saturated carbocycles. The Labute approximate surface area is 119 Å². The van der Waals surface area contributed by atoms with Crippen LogP contribution in [0.2, 0.25) is 0 Å². The molecule has 0 radical (unpaired) electrons. The van der Waals surface area contributed by atoms with Crippen molar-refractivity contribution in [3.63, 3.8) is 0 Å². The van der Waals surface area contributed by atoms with E-state index in [4.69, 9.17) is 4.74 Å². The monoisotopic (exact) mass is 278 g/mol. The molecule has 0 saturated heterocycles. The minimum Gasteiger partial charge on any atom is -0.469 e. The molecule has 19 heavy (non-hydrogen) atoms. The molecule has 0 amide bonds. The van der Waals surface area contributed by atoms with Gasteiger partial charge in [-0.3, -0.25) is 4.79 Å². The molecule has 0 heterocycles. The van der Waals surface area contributed by atoms with Gasteiger partial charge in [0.05, 0.1) is 13.0 Å². The van der Waals surface area contributed by atoms with Crippen molar-refractivity contribution in [1.82, 2.24) is 0 Å². The topological polar surface area (TPSA) is 26.3 Å². The van der Waals surface area contributed by atoms with Crippen LogP contribution >= 0.6 is 11.8 Å². The van der Waals surface area contributed by atoms with Gasteiger partial charge in [0.15, 0.2) is 0 Å². The third-order valence-corrected chi connectivity index (χ3v) is 4.77. The lowest BCUT2D eigenvalue weighted by Crippen LogP contribution is -2.14. The van der Waals surface area contributed by atoms with Gasteiger partial charge in [0.2, 0.25) is 0 Å². The summed E-state index contributed by atoms with van der Waals surface area (Å²) in [5.41, 5.74) is 1.07. The largest absolute Gasteiger partial charge is 0.469 e. The molecule has 2 nitrogen and oxygen atoms in total. The van der Waals surface area contributed by atoms with Crippen molar-refractivity contribution >= 4 is 17.7 Å². The van der Waals surface area contributed by atoms with Crippen molar-refractivity contribution in [3.8, 4) is 0 Å². The van der Waals surface area contributed by atoms with E-state index in [-0.39, 0.29) is 11.9 Å². The summed E-state index contributed by atoms with van der Waals surface area (Å²) in [5.74, 6) is 1.93. The smallest absolute Gasteiger partial charge is 0.313 e. The van der Waals surface area contributed by atoms with Gasteiger partial charge in [-0.25, -0.2) is 0 Å². The molecule has 1 aromatic carbocycles. The van der Waals surface area contributed by atoms with Gasteiger partial charge in [0, 0.05) is 10.6 Å². The van der Waals surface area contributed by atoms with Crippen molar-refractivity contribution in [2.45, 2.75) is 43.4 Å². The molecule has 0 aromatic heterocycles. The second-order valence-electron chi connectivity index (χ2n) is 5.19. The van der Waals surface area contributed by atoms with Gasteiger partial charge in [0.1, 0.15) is 0 Å². The van der Waals surface area contributed by atoms with Crippen LogP contribution in [-0.4, -0.2) is 18.8 Å². The fraction of sp³-hybridized carbons (Fsp3) is 0.562. The number of hydrogen-bond donors (Lipinski definition) is 0. The summed E-state index contributed by atoms with van der Waals surface area (Å²) in [5, 5.41) is 0. The average molecular weight is 278 g/mol. The SMILES string of the molecule is CCCC(C(=O)OC)c1ccc(SCC2CC2)cc1. The summed E-state index contributed by atoms with van der Waals surface area (Å²) in [6.45, 7) is 2.09. The Kier molecular flexibility index (Phi) is 5.32. The maximum absolute atomic E-state index is 11.8. The first-order valence-corrected chi connectivity index (χ1v) is 8.03. The fourth-order valence-corrected chi connectivity index (χ4v) is 3.24. The van der Waals surface area contributed by atoms with E-state index >= 15 is 0 Å². The highest BCUT2D eigenvalue weighted by atomic mass is 32.2. The van der Waals surface area contributed by atoms with Gasteiger partial charge in [-0.05, 0) is 42.9 Å². The molecule has 3 heteroatoms. The number of benzene rings is 1. The third kappa shape index (κ3) is 4.27. The van der Waals surface area contributed by atoms with Crippen LogP contribution in [0.4, 0.5) is 0 Å². The summed E-state index contributed by atoms with van der Waals surface area (Å²) in [7, 11) is 1.46. The molecule has 1 aromatic rings. The zero-order valence-corrected chi connectivity index (χ0v) is 12.5. The van der Waals surface area contributed by atoms with Crippen LogP contribution in [0.3, 0.4) is 0 Å². The summed E-state index contributed by atoms with van der Waals surface area (Å²) < 4.78 is 4.89. The Balaban J connectivity index is 1.99. The first-order chi connectivity index (χ1) is 9.24. The fourth-order valence-electron chi connectivity index (χ4n) is 2.15. The van der Waals surface area contributed by atoms with Gasteiger partial charge >= 0.3 is 5.97 Å². The second kappa shape index (κ2) is 6.99. The minimum atomic E-state index is -0.125. The number of ether oxygens (including phenoxy) is 1. The van der Waals surface area contributed by atoms with Crippen molar-refractivity contribution in [2.75, 3.05) is 12.9 Å². The first-order valence-electron chi connectivity index (χ1n) is 7.05. The van der Waals surface area contributed by atoms with Gasteiger partial charge in [-0.1, -0.05) is 25.5 Å². The lowest BCUT2D eigenvalue weighted by Gasteiger charge is -2.14. The second-order valence-corrected chi connectivity index (χ2v) is 6.28. The van der Waals surface area contributed by atoms with Gasteiger partial charge in [-0.2, -0.15) is 0 Å². The van der Waals surface area contributed by atoms with Crippen molar-refractivity contribution < 1.29 is 9.53 Å². The highest BCUT2D eigenvalue weighted by molar-refractivity contribution is 7.99. The number of esters is 1. The lowest BCUT2D eigenvalue weighted by atomic mass is 9.95. The molecular weight excluding hydrogens is 256 g/mol. The van der Waals surface area contributed by atoms with E-state index in [1.807, 2.05) is 11.8 Å². The molecule has 0 spiro atoms. The van der Waals surface area contributed by atoms with Crippen LogP contribution in [-0.2, 0) is 9.53 Å². The van der Waals surface area contributed by atoms with Crippen LogP contribution in [0.25, 0.3) is 0 Å². The van der Waals surface area contributed by atoms with Gasteiger partial charge < -0.3 is 4.74 Å². The zero-order valence-electron chi connectivity index (χ0n) is 11.7. The molecular formula is C16H22O2S. The number of methoxy groups -OCH3 is 1. The van der Waals surface area contributed by atoms with Gasteiger partial charge in [0.25, 0.3) is 0 Å². The molecule has 1 fully saturated rings. The molecule has 0 bridgehead atoms. The summed E-state index contributed by atoms with van der Waals surface area (Å²) in [6, 6.07) is 8.42. The Morgan fingerprint density at radius 2 is 2.05 bits per heavy atom. The maximum atomic E-state index is 11.8. The number of rotatable bonds is 7. The molecule has 2 rings (SSSR count). The van der Waals surface area contributed by atoms with E-state index in [2.05, 4.69) is 31.2 Å². The van der Waals surface area contributed by atoms with Crippen LogP contribution in [0.15, 0.2) is 29.2 Å². The molecule has 1 aliphatic rings. The van der Waals surface area contributed by atoms with Crippen LogP contribution in [0, 0.1) is 5.92 Å². The van der Waals surface area contributed by atoms with Gasteiger partial charge in [-0.15, -0.1) is 11.8 Å². The molecule has 104 valence electrons. The molecule has 1 atom stereocenters. The summed E-state index contributed by atoms with van der Waals surface area (Å²) >= 11 is 1.92. The Morgan fingerprint density at radius 1 is 1.37 bits per heavy atom. The van der Waals surface area contributed by atoms with E-state index in [9.17, 15) is 4.79 Å². The average Bonchev–Trinajstić information content (AvgIpc) is 3.27. The van der Waals surface area contributed by atoms with Crippen molar-refractivity contribution in [3.05, 3.63) is 29.8 Å². The lowest BCUT2D eigenvalue weighted by molar-refractivity contribution is -0.142. The predicted molar refractivity (Wildman–Crippen MR) is 79.6 cm³/mol. The number of thioether (sulfide) groups is 1. The summed E-state index contributed by atoms with van der Waals surface area (Å²) in [4.78, 5) is 13.1. The molecule has 1 aliphatic carbocycles.